The Hall–Kier alpha value is -4.08. The lowest BCUT2D eigenvalue weighted by Gasteiger charge is -2.30. The maximum atomic E-state index is 13.6. The van der Waals surface area contributed by atoms with Crippen molar-refractivity contribution in [1.82, 2.24) is 20.2 Å². The lowest BCUT2D eigenvalue weighted by molar-refractivity contribution is -0.135. The number of anilines is 2. The minimum absolute atomic E-state index is 0.0797. The molecule has 0 spiro atoms. The van der Waals surface area contributed by atoms with Gasteiger partial charge in [0.05, 0.1) is 30.2 Å². The molecular weight excluding hydrogens is 544 g/mol. The molecule has 10 heteroatoms. The number of hydrogen-bond acceptors (Lipinski definition) is 6. The van der Waals surface area contributed by atoms with Gasteiger partial charge in [-0.1, -0.05) is 19.9 Å². The predicted molar refractivity (Wildman–Crippen MR) is 166 cm³/mol. The van der Waals surface area contributed by atoms with Crippen LogP contribution in [-0.2, 0) is 14.3 Å². The number of alkyl carbamates (subject to hydrolysis) is 1. The van der Waals surface area contributed by atoms with Gasteiger partial charge in [0.15, 0.2) is 0 Å². The van der Waals surface area contributed by atoms with Crippen LogP contribution in [0.25, 0.3) is 11.0 Å². The number of likely N-dealkylation sites (tertiary alicyclic amines) is 1. The molecule has 2 aromatic carbocycles. The number of piperidine rings is 1. The molecule has 0 bridgehead atoms. The molecular formula is C33H42N6O4. The zero-order valence-corrected chi connectivity index (χ0v) is 25.3. The average Bonchev–Trinajstić information content (AvgIpc) is 3.78. The first-order valence-electron chi connectivity index (χ1n) is 15.7. The van der Waals surface area contributed by atoms with E-state index >= 15 is 0 Å². The third-order valence-electron chi connectivity index (χ3n) is 9.22. The number of nitrogens with zero attached hydrogens (tertiary/aromatic N) is 4. The van der Waals surface area contributed by atoms with E-state index in [0.717, 1.165) is 74.2 Å². The Labute approximate surface area is 252 Å². The van der Waals surface area contributed by atoms with Gasteiger partial charge >= 0.3 is 6.09 Å². The summed E-state index contributed by atoms with van der Waals surface area (Å²) in [4.78, 5) is 52.5. The minimum Gasteiger partial charge on any atom is -0.453 e. The summed E-state index contributed by atoms with van der Waals surface area (Å²) in [6, 6.07) is 14.3. The van der Waals surface area contributed by atoms with Gasteiger partial charge in [0, 0.05) is 37.4 Å². The standard InChI is InChI=1S/C33H42N6O4/c1-21(2)30(36-33(42)43-3)32(41)39-19-7-9-28(39)31-34-25-16-11-22(20-26(25)35-31)27-8-6-18-37(27)23-12-14-24(15-13-23)38-17-5-4-10-29(38)40/h11-16,20-21,27-28,30H,4-10,17-19H2,1-3H3,(H,34,35)(H,36,42)/t27-,28+,30+/m1/s1. The van der Waals surface area contributed by atoms with Gasteiger partial charge in [-0.2, -0.15) is 0 Å². The SMILES string of the molecule is COC(=O)N[C@H](C(=O)N1CCC[C@H]1c1nc2ccc([C@H]3CCCN3c3ccc(N4CCCCC4=O)cc3)cc2[nH]1)C(C)C. The van der Waals surface area contributed by atoms with Crippen LogP contribution in [-0.4, -0.2) is 65.6 Å². The van der Waals surface area contributed by atoms with Crippen LogP contribution in [0, 0.1) is 5.92 Å². The molecule has 1 aromatic heterocycles. The first-order valence-corrected chi connectivity index (χ1v) is 15.7. The molecule has 3 fully saturated rings. The third kappa shape index (κ3) is 5.79. The average molecular weight is 587 g/mol. The number of fused-ring (bicyclic) bond motifs is 1. The van der Waals surface area contributed by atoms with Crippen molar-refractivity contribution in [2.24, 2.45) is 5.92 Å². The number of methoxy groups -OCH3 is 1. The van der Waals surface area contributed by atoms with Crippen LogP contribution in [0.5, 0.6) is 0 Å². The van der Waals surface area contributed by atoms with Crippen LogP contribution in [0.3, 0.4) is 0 Å². The molecule has 3 aliphatic rings. The summed E-state index contributed by atoms with van der Waals surface area (Å²) >= 11 is 0. The Bertz CT molecular complexity index is 1480. The summed E-state index contributed by atoms with van der Waals surface area (Å²) in [5.74, 6) is 0.808. The highest BCUT2D eigenvalue weighted by Gasteiger charge is 2.37. The van der Waals surface area contributed by atoms with Gasteiger partial charge in [-0.3, -0.25) is 9.59 Å². The predicted octanol–water partition coefficient (Wildman–Crippen LogP) is 5.47. The molecule has 2 N–H and O–H groups in total. The summed E-state index contributed by atoms with van der Waals surface area (Å²) < 4.78 is 4.76. The highest BCUT2D eigenvalue weighted by Crippen LogP contribution is 2.39. The number of imidazole rings is 1. The van der Waals surface area contributed by atoms with Gasteiger partial charge in [-0.25, -0.2) is 9.78 Å². The van der Waals surface area contributed by atoms with Gasteiger partial charge < -0.3 is 29.7 Å². The maximum absolute atomic E-state index is 13.6. The molecule has 3 aliphatic heterocycles. The van der Waals surface area contributed by atoms with Crippen molar-refractivity contribution in [1.29, 1.82) is 0 Å². The van der Waals surface area contributed by atoms with Crippen LogP contribution in [0.1, 0.15) is 82.3 Å². The Balaban J connectivity index is 1.20. The van der Waals surface area contributed by atoms with E-state index in [9.17, 15) is 14.4 Å². The Morgan fingerprint density at radius 2 is 1.70 bits per heavy atom. The summed E-state index contributed by atoms with van der Waals surface area (Å²) in [5, 5.41) is 2.71. The van der Waals surface area contributed by atoms with E-state index in [2.05, 4.69) is 57.7 Å². The molecule has 0 unspecified atom stereocenters. The highest BCUT2D eigenvalue weighted by atomic mass is 16.5. The fraction of sp³-hybridized carbons (Fsp3) is 0.515. The third-order valence-corrected chi connectivity index (χ3v) is 9.22. The van der Waals surface area contributed by atoms with Crippen molar-refractivity contribution >= 4 is 40.3 Å². The van der Waals surface area contributed by atoms with E-state index in [-0.39, 0.29) is 29.8 Å². The molecule has 0 aliphatic carbocycles. The number of rotatable bonds is 7. The van der Waals surface area contributed by atoms with Gasteiger partial charge in [-0.05, 0) is 86.4 Å². The first-order chi connectivity index (χ1) is 20.8. The zero-order valence-electron chi connectivity index (χ0n) is 25.3. The molecule has 228 valence electrons. The molecule has 4 heterocycles. The van der Waals surface area contributed by atoms with Crippen molar-refractivity contribution in [3.63, 3.8) is 0 Å². The second-order valence-electron chi connectivity index (χ2n) is 12.3. The van der Waals surface area contributed by atoms with Crippen LogP contribution in [0.2, 0.25) is 0 Å². The lowest BCUT2D eigenvalue weighted by atomic mass is 10.0. The van der Waals surface area contributed by atoms with Gasteiger partial charge in [0.2, 0.25) is 11.8 Å². The van der Waals surface area contributed by atoms with Crippen molar-refractivity contribution in [3.8, 4) is 0 Å². The number of nitrogens with one attached hydrogen (secondary N) is 2. The van der Waals surface area contributed by atoms with Crippen molar-refractivity contribution in [3.05, 3.63) is 53.9 Å². The highest BCUT2D eigenvalue weighted by molar-refractivity contribution is 5.94. The summed E-state index contributed by atoms with van der Waals surface area (Å²) in [6.45, 7) is 6.24. The second-order valence-corrected chi connectivity index (χ2v) is 12.3. The molecule has 10 nitrogen and oxygen atoms in total. The van der Waals surface area contributed by atoms with Crippen LogP contribution in [0.15, 0.2) is 42.5 Å². The number of amides is 3. The van der Waals surface area contributed by atoms with E-state index in [0.29, 0.717) is 13.0 Å². The van der Waals surface area contributed by atoms with E-state index in [1.165, 1.54) is 18.4 Å². The number of hydrogen-bond donors (Lipinski definition) is 2. The van der Waals surface area contributed by atoms with Gasteiger partial charge in [-0.15, -0.1) is 0 Å². The smallest absolute Gasteiger partial charge is 0.407 e. The van der Waals surface area contributed by atoms with Crippen LogP contribution < -0.4 is 15.1 Å². The number of carbonyl (C=O) groups excluding carboxylic acids is 3. The molecule has 0 radical (unpaired) electrons. The number of aromatic nitrogens is 2. The molecule has 6 rings (SSSR count). The molecule has 0 saturated carbocycles. The molecule has 3 atom stereocenters. The topological polar surface area (TPSA) is 111 Å². The quantitative estimate of drug-likeness (QED) is 0.380. The fourth-order valence-electron chi connectivity index (χ4n) is 6.93. The normalized spacial score (nSPS) is 21.6. The number of ether oxygens (including phenoxy) is 1. The van der Waals surface area contributed by atoms with Crippen molar-refractivity contribution in [2.75, 3.05) is 36.5 Å². The zero-order chi connectivity index (χ0) is 30.1. The maximum Gasteiger partial charge on any atom is 0.407 e. The number of carbonyl (C=O) groups is 3. The van der Waals surface area contributed by atoms with E-state index < -0.39 is 12.1 Å². The number of benzene rings is 2. The Morgan fingerprint density at radius 1 is 0.953 bits per heavy atom. The van der Waals surface area contributed by atoms with Crippen molar-refractivity contribution < 1.29 is 19.1 Å². The number of H-pyrrole nitrogens is 1. The largest absolute Gasteiger partial charge is 0.453 e. The summed E-state index contributed by atoms with van der Waals surface area (Å²) in [7, 11) is 1.30. The van der Waals surface area contributed by atoms with E-state index in [4.69, 9.17) is 9.72 Å². The second kappa shape index (κ2) is 12.3. The first kappa shape index (κ1) is 29.0. The molecule has 3 aromatic rings. The summed E-state index contributed by atoms with van der Waals surface area (Å²) in [6.07, 6.45) is 5.93. The van der Waals surface area contributed by atoms with Gasteiger partial charge in [0.1, 0.15) is 11.9 Å². The lowest BCUT2D eigenvalue weighted by Crippen LogP contribution is -2.51. The van der Waals surface area contributed by atoms with Crippen molar-refractivity contribution in [2.45, 2.75) is 76.9 Å². The Kier molecular flexibility index (Phi) is 8.27. The van der Waals surface area contributed by atoms with E-state index in [1.807, 2.05) is 23.6 Å². The minimum atomic E-state index is -0.660. The molecule has 3 amide bonds. The molecule has 3 saturated heterocycles. The van der Waals surface area contributed by atoms with Gasteiger partial charge in [0.25, 0.3) is 0 Å². The van der Waals surface area contributed by atoms with E-state index in [1.54, 1.807) is 0 Å². The fourth-order valence-corrected chi connectivity index (χ4v) is 6.93. The monoisotopic (exact) mass is 586 g/mol. The van der Waals surface area contributed by atoms with Crippen LogP contribution in [0.4, 0.5) is 16.2 Å². The number of aromatic amines is 1. The van der Waals surface area contributed by atoms with Crippen LogP contribution >= 0.6 is 0 Å². The Morgan fingerprint density at radius 3 is 2.44 bits per heavy atom. The summed E-state index contributed by atoms with van der Waals surface area (Å²) in [5.41, 5.74) is 5.23. The molecule has 43 heavy (non-hydrogen) atoms.